The van der Waals surface area contributed by atoms with Gasteiger partial charge in [0.25, 0.3) is 0 Å². The second kappa shape index (κ2) is 16.6. The van der Waals surface area contributed by atoms with Crippen molar-refractivity contribution in [2.45, 2.75) is 119 Å². The van der Waals surface area contributed by atoms with E-state index in [1.165, 1.54) is 0 Å². The average Bonchev–Trinajstić information content (AvgIpc) is 2.97. The van der Waals surface area contributed by atoms with E-state index in [0.717, 1.165) is 25.8 Å². The highest BCUT2D eigenvalue weighted by Gasteiger charge is 2.48. The summed E-state index contributed by atoms with van der Waals surface area (Å²) in [6.45, 7) is 4.51. The first-order chi connectivity index (χ1) is 21.0. The average molecular weight is 649 g/mol. The molecule has 4 aliphatic rings. The summed E-state index contributed by atoms with van der Waals surface area (Å²) in [5.74, 6) is -1.49. The molecule has 0 aromatic carbocycles. The summed E-state index contributed by atoms with van der Waals surface area (Å²) < 4.78 is 52.7. The number of hydrogen-bond donors (Lipinski definition) is 4. The molecule has 0 radical (unpaired) electrons. The van der Waals surface area contributed by atoms with E-state index in [1.54, 1.807) is 0 Å². The number of halogens is 4. The van der Waals surface area contributed by atoms with Crippen LogP contribution in [-0.2, 0) is 14.3 Å². The maximum absolute atomic E-state index is 13.5. The molecule has 0 aromatic heterocycles. The Morgan fingerprint density at radius 3 is 2.59 bits per heavy atom. The zero-order valence-corrected chi connectivity index (χ0v) is 27.1. The summed E-state index contributed by atoms with van der Waals surface area (Å²) in [7, 11) is 3.99. The predicted molar refractivity (Wildman–Crippen MR) is 163 cm³/mol. The Bertz CT molecular complexity index is 956. The van der Waals surface area contributed by atoms with Crippen molar-refractivity contribution in [3.05, 3.63) is 0 Å². The van der Waals surface area contributed by atoms with Gasteiger partial charge in [-0.05, 0) is 91.4 Å². The van der Waals surface area contributed by atoms with Gasteiger partial charge in [0.2, 0.25) is 5.91 Å². The number of nitrogens with one attached hydrogen (secondary N) is 4. The van der Waals surface area contributed by atoms with Crippen molar-refractivity contribution in [3.63, 3.8) is 0 Å². The van der Waals surface area contributed by atoms with Crippen LogP contribution in [0.3, 0.4) is 0 Å². The zero-order chi connectivity index (χ0) is 31.9. The third-order valence-electron chi connectivity index (χ3n) is 10.0. The Balaban J connectivity index is 1.34. The van der Waals surface area contributed by atoms with Crippen LogP contribution >= 0.6 is 11.6 Å². The molecule has 2 saturated heterocycles. The third kappa shape index (κ3) is 9.66. The number of ether oxygens (including phenoxy) is 2. The second-order valence-electron chi connectivity index (χ2n) is 13.4. The Morgan fingerprint density at radius 2 is 1.91 bits per heavy atom. The molecular weight excluding hydrogens is 597 g/mol. The van der Waals surface area contributed by atoms with Crippen LogP contribution in [0.5, 0.6) is 0 Å². The summed E-state index contributed by atoms with van der Waals surface area (Å²) in [5.41, 5.74) is 0. The summed E-state index contributed by atoms with van der Waals surface area (Å²) in [5, 5.41) is 23.4. The van der Waals surface area contributed by atoms with Gasteiger partial charge >= 0.3 is 6.18 Å². The lowest BCUT2D eigenvalue weighted by molar-refractivity contribution is -0.194. The molecule has 0 bridgehead atoms. The number of nitriles is 1. The first-order valence-electron chi connectivity index (χ1n) is 16.5. The molecule has 1 amide bonds. The minimum Gasteiger partial charge on any atom is -0.376 e. The van der Waals surface area contributed by atoms with Gasteiger partial charge in [-0.3, -0.25) is 4.79 Å². The first kappa shape index (κ1) is 35.7. The molecule has 11 unspecified atom stereocenters. The molecule has 0 aromatic rings. The minimum atomic E-state index is -4.25. The highest BCUT2D eigenvalue weighted by Crippen LogP contribution is 2.38. The number of rotatable bonds is 12. The van der Waals surface area contributed by atoms with E-state index in [4.69, 9.17) is 21.1 Å². The molecule has 4 fully saturated rings. The van der Waals surface area contributed by atoms with Crippen LogP contribution in [0, 0.1) is 29.1 Å². The van der Waals surface area contributed by atoms with E-state index in [1.807, 2.05) is 21.0 Å². The van der Waals surface area contributed by atoms with Crippen molar-refractivity contribution in [1.29, 1.82) is 5.26 Å². The fraction of sp³-hybridized carbons (Fsp3) is 0.935. The Morgan fingerprint density at radius 1 is 1.11 bits per heavy atom. The van der Waals surface area contributed by atoms with E-state index in [2.05, 4.69) is 32.2 Å². The van der Waals surface area contributed by atoms with Crippen LogP contribution < -0.4 is 21.3 Å². The van der Waals surface area contributed by atoms with Crippen LogP contribution in [0.15, 0.2) is 0 Å². The van der Waals surface area contributed by atoms with E-state index >= 15 is 0 Å². The van der Waals surface area contributed by atoms with Crippen molar-refractivity contribution in [3.8, 4) is 6.07 Å². The molecule has 2 saturated carbocycles. The van der Waals surface area contributed by atoms with Crippen LogP contribution in [0.2, 0.25) is 0 Å². The molecule has 4 rings (SSSR count). The predicted octanol–water partition coefficient (Wildman–Crippen LogP) is 3.17. The lowest BCUT2D eigenvalue weighted by Crippen LogP contribution is -2.66. The van der Waals surface area contributed by atoms with Crippen LogP contribution in [0.25, 0.3) is 0 Å². The molecule has 252 valence electrons. The highest BCUT2D eigenvalue weighted by atomic mass is 35.5. The van der Waals surface area contributed by atoms with Crippen molar-refractivity contribution in [2.24, 2.45) is 17.8 Å². The van der Waals surface area contributed by atoms with Gasteiger partial charge in [0.05, 0.1) is 48.1 Å². The maximum Gasteiger partial charge on any atom is 0.393 e. The van der Waals surface area contributed by atoms with Gasteiger partial charge in [-0.25, -0.2) is 0 Å². The van der Waals surface area contributed by atoms with Gasteiger partial charge in [0, 0.05) is 43.7 Å². The first-order valence-corrected chi connectivity index (χ1v) is 16.9. The van der Waals surface area contributed by atoms with Crippen molar-refractivity contribution in [2.75, 3.05) is 46.9 Å². The molecule has 9 nitrogen and oxygen atoms in total. The van der Waals surface area contributed by atoms with Gasteiger partial charge in [0.15, 0.2) is 0 Å². The normalized spacial score (nSPS) is 38.1. The van der Waals surface area contributed by atoms with E-state index in [0.29, 0.717) is 51.8 Å². The summed E-state index contributed by atoms with van der Waals surface area (Å²) >= 11 is 6.79. The van der Waals surface area contributed by atoms with Crippen molar-refractivity contribution >= 4 is 17.5 Å². The summed E-state index contributed by atoms with van der Waals surface area (Å²) in [6, 6.07) is 1.76. The van der Waals surface area contributed by atoms with Gasteiger partial charge in [-0.2, -0.15) is 18.4 Å². The number of amides is 1. The molecule has 2 heterocycles. The zero-order valence-electron chi connectivity index (χ0n) is 26.4. The van der Waals surface area contributed by atoms with Crippen LogP contribution in [0.4, 0.5) is 13.2 Å². The van der Waals surface area contributed by atoms with E-state index in [9.17, 15) is 23.2 Å². The fourth-order valence-electron chi connectivity index (χ4n) is 7.73. The minimum absolute atomic E-state index is 0.00599. The number of carbonyl (C=O) groups is 1. The SMILES string of the molecule is CCOC1CC2NCC(C#N)C(NC3CCC(OCC4NCCCC4C(F)(F)F)C(Cl)C3)C2CC1NC(=O)CCCN(C)C. The number of piperidine rings is 2. The number of carbonyl (C=O) groups excluding carboxylic acids is 1. The molecule has 44 heavy (non-hydrogen) atoms. The molecule has 4 N–H and O–H groups in total. The molecule has 11 atom stereocenters. The number of fused-ring (bicyclic) bond motifs is 1. The Kier molecular flexibility index (Phi) is 13.4. The summed E-state index contributed by atoms with van der Waals surface area (Å²) in [4.78, 5) is 14.9. The largest absolute Gasteiger partial charge is 0.393 e. The molecular formula is C31H52ClF3N6O3. The lowest BCUT2D eigenvalue weighted by Gasteiger charge is -2.50. The molecule has 2 aliphatic heterocycles. The Hall–Kier alpha value is -1.20. The number of alkyl halides is 4. The number of nitrogens with zero attached hydrogens (tertiary/aromatic N) is 2. The second-order valence-corrected chi connectivity index (χ2v) is 14.0. The Labute approximate surface area is 265 Å². The molecule has 13 heteroatoms. The van der Waals surface area contributed by atoms with Crippen molar-refractivity contribution < 1.29 is 27.4 Å². The monoisotopic (exact) mass is 648 g/mol. The van der Waals surface area contributed by atoms with Gasteiger partial charge in [-0.1, -0.05) is 0 Å². The summed E-state index contributed by atoms with van der Waals surface area (Å²) in [6.07, 6.45) is 0.691. The maximum atomic E-state index is 13.5. The van der Waals surface area contributed by atoms with E-state index < -0.39 is 18.1 Å². The van der Waals surface area contributed by atoms with Crippen molar-refractivity contribution in [1.82, 2.24) is 26.2 Å². The van der Waals surface area contributed by atoms with Gasteiger partial charge < -0.3 is 35.6 Å². The van der Waals surface area contributed by atoms with Gasteiger partial charge in [0.1, 0.15) is 0 Å². The van der Waals surface area contributed by atoms with Crippen LogP contribution in [-0.4, -0.2) is 112 Å². The smallest absolute Gasteiger partial charge is 0.376 e. The quantitative estimate of drug-likeness (QED) is 0.239. The van der Waals surface area contributed by atoms with E-state index in [-0.39, 0.29) is 72.5 Å². The van der Waals surface area contributed by atoms with Gasteiger partial charge in [-0.15, -0.1) is 11.6 Å². The molecule has 0 spiro atoms. The van der Waals surface area contributed by atoms with Crippen LogP contribution in [0.1, 0.15) is 64.7 Å². The highest BCUT2D eigenvalue weighted by molar-refractivity contribution is 6.21. The third-order valence-corrected chi connectivity index (χ3v) is 10.5. The standard InChI is InChI=1S/C31H52ClF3N6O3/c1-4-43-28-15-24-21(14-25(28)40-29(42)8-6-12-41(2)3)30(19(16-36)17-38-24)39-20-9-10-27(23(32)13-20)44-18-26-22(31(33,34)35)7-5-11-37-26/h19-28,30,37-39H,4-15,17-18H2,1-3H3,(H,40,42). The fourth-order valence-corrected chi connectivity index (χ4v) is 8.14. The number of hydrogen-bond acceptors (Lipinski definition) is 8. The lowest BCUT2D eigenvalue weighted by atomic mass is 9.69. The topological polar surface area (TPSA) is 111 Å². The molecule has 2 aliphatic carbocycles.